The summed E-state index contributed by atoms with van der Waals surface area (Å²) in [5.74, 6) is -0.465. The van der Waals surface area contributed by atoms with Gasteiger partial charge in [-0.15, -0.1) is 0 Å². The zero-order valence-corrected chi connectivity index (χ0v) is 14.2. The van der Waals surface area contributed by atoms with Crippen LogP contribution in [0.15, 0.2) is 48.5 Å². The summed E-state index contributed by atoms with van der Waals surface area (Å²) >= 11 is 5.98. The summed E-state index contributed by atoms with van der Waals surface area (Å²) in [5.41, 5.74) is -0.576. The highest BCUT2D eigenvalue weighted by atomic mass is 35.5. The van der Waals surface area contributed by atoms with Gasteiger partial charge < -0.3 is 10.1 Å². The first-order valence-corrected chi connectivity index (χ1v) is 8.06. The minimum absolute atomic E-state index is 0.0529. The molecule has 1 N–H and O–H groups in total. The zero-order valence-electron chi connectivity index (χ0n) is 13.5. The van der Waals surface area contributed by atoms with Crippen LogP contribution in [0.2, 0.25) is 5.02 Å². The molecular weight excluding hydrogens is 347 g/mol. The molecular formula is C18H16ClFN2O3. The molecule has 2 aromatic carbocycles. The van der Waals surface area contributed by atoms with E-state index in [1.807, 2.05) is 0 Å². The number of amides is 3. The second-order valence-corrected chi connectivity index (χ2v) is 6.26. The van der Waals surface area contributed by atoms with Gasteiger partial charge in [0.2, 0.25) is 0 Å². The number of carbonyl (C=O) groups is 2. The molecule has 3 rings (SSSR count). The van der Waals surface area contributed by atoms with Crippen molar-refractivity contribution in [3.05, 3.63) is 64.9 Å². The molecule has 0 saturated carbocycles. The molecule has 0 bridgehead atoms. The van der Waals surface area contributed by atoms with E-state index in [1.165, 1.54) is 18.2 Å². The first kappa shape index (κ1) is 17.2. The lowest BCUT2D eigenvalue weighted by Gasteiger charge is -2.22. The van der Waals surface area contributed by atoms with Crippen LogP contribution in [0, 0.1) is 5.82 Å². The van der Waals surface area contributed by atoms with E-state index < -0.39 is 17.4 Å². The molecule has 130 valence electrons. The number of rotatable bonds is 5. The molecule has 1 aliphatic rings. The second-order valence-electron chi connectivity index (χ2n) is 5.83. The van der Waals surface area contributed by atoms with Crippen molar-refractivity contribution >= 4 is 23.5 Å². The summed E-state index contributed by atoms with van der Waals surface area (Å²) in [6.45, 7) is 1.75. The van der Waals surface area contributed by atoms with Crippen molar-refractivity contribution in [2.75, 3.05) is 13.2 Å². The summed E-state index contributed by atoms with van der Waals surface area (Å²) in [5, 5.41) is 3.17. The van der Waals surface area contributed by atoms with Crippen molar-refractivity contribution in [2.24, 2.45) is 0 Å². The van der Waals surface area contributed by atoms with Gasteiger partial charge in [-0.1, -0.05) is 29.8 Å². The Morgan fingerprint density at radius 3 is 2.68 bits per heavy atom. The Morgan fingerprint density at radius 1 is 1.20 bits per heavy atom. The first-order valence-electron chi connectivity index (χ1n) is 7.69. The summed E-state index contributed by atoms with van der Waals surface area (Å²) in [6.07, 6.45) is 0. The molecule has 1 aliphatic heterocycles. The van der Waals surface area contributed by atoms with Crippen molar-refractivity contribution in [3.8, 4) is 5.75 Å². The molecule has 2 aromatic rings. The van der Waals surface area contributed by atoms with E-state index >= 15 is 0 Å². The van der Waals surface area contributed by atoms with Crippen LogP contribution in [0.3, 0.4) is 0 Å². The van der Waals surface area contributed by atoms with Crippen LogP contribution < -0.4 is 10.1 Å². The third-order valence-electron chi connectivity index (χ3n) is 4.06. The Bertz CT molecular complexity index is 829. The molecule has 5 nitrogen and oxygen atoms in total. The van der Waals surface area contributed by atoms with Gasteiger partial charge in [0.25, 0.3) is 5.91 Å². The highest BCUT2D eigenvalue weighted by Crippen LogP contribution is 2.30. The molecule has 1 atom stereocenters. The standard InChI is InChI=1S/C18H16ClFN2O3/c1-18(12-4-2-5-13(19)10-12)16(23)22(17(24)21-18)8-9-25-15-7-3-6-14(20)11-15/h2-7,10-11H,8-9H2,1H3,(H,21,24). The van der Waals surface area contributed by atoms with Crippen LogP contribution >= 0.6 is 11.6 Å². The van der Waals surface area contributed by atoms with Gasteiger partial charge in [0, 0.05) is 11.1 Å². The predicted octanol–water partition coefficient (Wildman–Crippen LogP) is 3.33. The Morgan fingerprint density at radius 2 is 1.96 bits per heavy atom. The number of hydrogen-bond acceptors (Lipinski definition) is 3. The molecule has 3 amide bonds. The average Bonchev–Trinajstić information content (AvgIpc) is 2.79. The largest absolute Gasteiger partial charge is 0.492 e. The molecule has 0 spiro atoms. The molecule has 1 saturated heterocycles. The number of urea groups is 1. The molecule has 1 unspecified atom stereocenters. The molecule has 7 heteroatoms. The van der Waals surface area contributed by atoms with Crippen LogP contribution in [0.25, 0.3) is 0 Å². The van der Waals surface area contributed by atoms with E-state index in [0.717, 1.165) is 4.90 Å². The van der Waals surface area contributed by atoms with Crippen molar-refractivity contribution in [3.63, 3.8) is 0 Å². The average molecular weight is 363 g/mol. The fourth-order valence-corrected chi connectivity index (χ4v) is 2.90. The van der Waals surface area contributed by atoms with Crippen LogP contribution in [0.4, 0.5) is 9.18 Å². The quantitative estimate of drug-likeness (QED) is 0.830. The number of halogens is 2. The van der Waals surface area contributed by atoms with Gasteiger partial charge in [0.05, 0.1) is 6.54 Å². The second kappa shape index (κ2) is 6.72. The van der Waals surface area contributed by atoms with Crippen molar-refractivity contribution in [1.29, 1.82) is 0 Å². The SMILES string of the molecule is CC1(c2cccc(Cl)c2)NC(=O)N(CCOc2cccc(F)c2)C1=O. The molecule has 1 fully saturated rings. The number of imide groups is 1. The molecule has 0 radical (unpaired) electrons. The smallest absolute Gasteiger partial charge is 0.325 e. The van der Waals surface area contributed by atoms with Crippen molar-refractivity contribution < 1.29 is 18.7 Å². The van der Waals surface area contributed by atoms with E-state index in [-0.39, 0.29) is 19.1 Å². The third kappa shape index (κ3) is 3.44. The monoisotopic (exact) mass is 362 g/mol. The van der Waals surface area contributed by atoms with Crippen LogP contribution in [-0.2, 0) is 10.3 Å². The Labute approximate surface area is 149 Å². The lowest BCUT2D eigenvalue weighted by Crippen LogP contribution is -2.41. The summed E-state index contributed by atoms with van der Waals surface area (Å²) in [4.78, 5) is 26.0. The molecule has 1 heterocycles. The Kier molecular flexibility index (Phi) is 4.63. The Balaban J connectivity index is 1.69. The highest BCUT2D eigenvalue weighted by molar-refractivity contribution is 6.30. The van der Waals surface area contributed by atoms with Crippen LogP contribution in [-0.4, -0.2) is 30.0 Å². The predicted molar refractivity (Wildman–Crippen MR) is 90.9 cm³/mol. The minimum Gasteiger partial charge on any atom is -0.492 e. The first-order chi connectivity index (χ1) is 11.9. The number of carbonyl (C=O) groups excluding carboxylic acids is 2. The topological polar surface area (TPSA) is 58.6 Å². The summed E-state index contributed by atoms with van der Waals surface area (Å²) in [6, 6.07) is 12.0. The fraction of sp³-hybridized carbons (Fsp3) is 0.222. The third-order valence-corrected chi connectivity index (χ3v) is 4.29. The van der Waals surface area contributed by atoms with E-state index in [1.54, 1.807) is 37.3 Å². The molecule has 0 aromatic heterocycles. The van der Waals surface area contributed by atoms with Crippen LogP contribution in [0.5, 0.6) is 5.75 Å². The van der Waals surface area contributed by atoms with Crippen molar-refractivity contribution in [2.45, 2.75) is 12.5 Å². The maximum atomic E-state index is 13.1. The van der Waals surface area contributed by atoms with Gasteiger partial charge in [-0.25, -0.2) is 9.18 Å². The normalized spacial score (nSPS) is 19.9. The Hall–Kier alpha value is -2.60. The van der Waals surface area contributed by atoms with Gasteiger partial charge >= 0.3 is 6.03 Å². The van der Waals surface area contributed by atoms with Gasteiger partial charge in [-0.3, -0.25) is 9.69 Å². The maximum Gasteiger partial charge on any atom is 0.325 e. The number of hydrogen-bond donors (Lipinski definition) is 1. The van der Waals surface area contributed by atoms with Gasteiger partial charge in [0.15, 0.2) is 0 Å². The lowest BCUT2D eigenvalue weighted by molar-refractivity contribution is -0.131. The minimum atomic E-state index is -1.18. The van der Waals surface area contributed by atoms with Crippen LogP contribution in [0.1, 0.15) is 12.5 Å². The lowest BCUT2D eigenvalue weighted by atomic mass is 9.92. The van der Waals surface area contributed by atoms with Gasteiger partial charge in [-0.05, 0) is 36.8 Å². The fourth-order valence-electron chi connectivity index (χ4n) is 2.71. The number of benzene rings is 2. The van der Waals surface area contributed by atoms with E-state index in [0.29, 0.717) is 16.3 Å². The number of nitrogens with zero attached hydrogens (tertiary/aromatic N) is 1. The summed E-state index contributed by atoms with van der Waals surface area (Å²) < 4.78 is 18.5. The van der Waals surface area contributed by atoms with Gasteiger partial charge in [0.1, 0.15) is 23.7 Å². The molecule has 25 heavy (non-hydrogen) atoms. The maximum absolute atomic E-state index is 13.1. The van der Waals surface area contributed by atoms with Crippen molar-refractivity contribution in [1.82, 2.24) is 10.2 Å². The number of ether oxygens (including phenoxy) is 1. The van der Waals surface area contributed by atoms with Gasteiger partial charge in [-0.2, -0.15) is 0 Å². The molecule has 0 aliphatic carbocycles. The summed E-state index contributed by atoms with van der Waals surface area (Å²) in [7, 11) is 0. The number of nitrogens with one attached hydrogen (secondary N) is 1. The van der Waals surface area contributed by atoms with E-state index in [2.05, 4.69) is 5.32 Å². The highest BCUT2D eigenvalue weighted by Gasteiger charge is 2.48. The zero-order chi connectivity index (χ0) is 18.0. The van der Waals surface area contributed by atoms with E-state index in [4.69, 9.17) is 16.3 Å². The van der Waals surface area contributed by atoms with E-state index in [9.17, 15) is 14.0 Å².